The first-order chi connectivity index (χ1) is 10.2. The molecule has 0 aliphatic carbocycles. The van der Waals surface area contributed by atoms with Crippen LogP contribution in [0.3, 0.4) is 0 Å². The second kappa shape index (κ2) is 6.30. The Morgan fingerprint density at radius 1 is 1.00 bits per heavy atom. The lowest BCUT2D eigenvalue weighted by Gasteiger charge is -2.23. The first-order valence-corrected chi connectivity index (χ1v) is 9.36. The Kier molecular flexibility index (Phi) is 5.00. The molecule has 1 aliphatic heterocycles. The van der Waals surface area contributed by atoms with E-state index in [2.05, 4.69) is 4.72 Å². The van der Waals surface area contributed by atoms with Gasteiger partial charge in [-0.2, -0.15) is 0 Å². The summed E-state index contributed by atoms with van der Waals surface area (Å²) in [5, 5.41) is 0. The van der Waals surface area contributed by atoms with E-state index in [-0.39, 0.29) is 12.1 Å². The topological polar surface area (TPSA) is 55.4 Å². The SMILES string of the molecule is Cc1c(C)c(C)c(S(=O)(=O)NC(C)C2CCCO2)c(C)c1C. The van der Waals surface area contributed by atoms with E-state index >= 15 is 0 Å². The second-order valence-electron chi connectivity index (χ2n) is 6.42. The fraction of sp³-hybridized carbons (Fsp3) is 0.647. The maximum atomic E-state index is 12.9. The monoisotopic (exact) mass is 325 g/mol. The molecule has 124 valence electrons. The average molecular weight is 325 g/mol. The Hall–Kier alpha value is -0.910. The van der Waals surface area contributed by atoms with Gasteiger partial charge < -0.3 is 4.74 Å². The van der Waals surface area contributed by atoms with Gasteiger partial charge in [-0.25, -0.2) is 13.1 Å². The highest BCUT2D eigenvalue weighted by Crippen LogP contribution is 2.30. The molecule has 2 rings (SSSR count). The van der Waals surface area contributed by atoms with Crippen molar-refractivity contribution in [3.8, 4) is 0 Å². The molecule has 0 radical (unpaired) electrons. The summed E-state index contributed by atoms with van der Waals surface area (Å²) in [5.74, 6) is 0. The number of hydrogen-bond donors (Lipinski definition) is 1. The van der Waals surface area contributed by atoms with Crippen molar-refractivity contribution < 1.29 is 13.2 Å². The second-order valence-corrected chi connectivity index (χ2v) is 8.07. The van der Waals surface area contributed by atoms with Crippen LogP contribution in [-0.4, -0.2) is 27.2 Å². The van der Waals surface area contributed by atoms with Crippen LogP contribution in [0.1, 0.15) is 47.6 Å². The molecular formula is C17H27NO3S. The molecule has 1 N–H and O–H groups in total. The molecular weight excluding hydrogens is 298 g/mol. The molecule has 0 amide bonds. The van der Waals surface area contributed by atoms with Gasteiger partial charge in [0, 0.05) is 12.6 Å². The van der Waals surface area contributed by atoms with Gasteiger partial charge in [0.15, 0.2) is 0 Å². The molecule has 1 aliphatic rings. The van der Waals surface area contributed by atoms with Gasteiger partial charge in [0.25, 0.3) is 0 Å². The van der Waals surface area contributed by atoms with Gasteiger partial charge in [0.1, 0.15) is 0 Å². The van der Waals surface area contributed by atoms with Crippen molar-refractivity contribution in [2.24, 2.45) is 0 Å². The Balaban J connectivity index is 2.41. The van der Waals surface area contributed by atoms with E-state index in [4.69, 9.17) is 4.74 Å². The summed E-state index contributed by atoms with van der Waals surface area (Å²) in [7, 11) is -3.55. The van der Waals surface area contributed by atoms with Crippen LogP contribution in [0.4, 0.5) is 0 Å². The summed E-state index contributed by atoms with van der Waals surface area (Å²) in [5.41, 5.74) is 4.95. The number of ether oxygens (including phenoxy) is 1. The van der Waals surface area contributed by atoms with Gasteiger partial charge >= 0.3 is 0 Å². The third kappa shape index (κ3) is 3.07. The van der Waals surface area contributed by atoms with Crippen molar-refractivity contribution >= 4 is 10.0 Å². The summed E-state index contributed by atoms with van der Waals surface area (Å²) in [6.45, 7) is 12.4. The van der Waals surface area contributed by atoms with E-state index in [1.165, 1.54) is 5.56 Å². The number of nitrogens with one attached hydrogen (secondary N) is 1. The van der Waals surface area contributed by atoms with E-state index < -0.39 is 10.0 Å². The van der Waals surface area contributed by atoms with Crippen molar-refractivity contribution in [1.29, 1.82) is 0 Å². The van der Waals surface area contributed by atoms with Crippen LogP contribution < -0.4 is 4.72 Å². The quantitative estimate of drug-likeness (QED) is 0.925. The zero-order valence-electron chi connectivity index (χ0n) is 14.4. The van der Waals surface area contributed by atoms with E-state index in [1.807, 2.05) is 41.5 Å². The Morgan fingerprint density at radius 3 is 1.95 bits per heavy atom. The van der Waals surface area contributed by atoms with E-state index in [0.29, 0.717) is 4.90 Å². The third-order valence-corrected chi connectivity index (χ3v) is 6.90. The molecule has 0 aromatic heterocycles. The largest absolute Gasteiger partial charge is 0.377 e. The van der Waals surface area contributed by atoms with Crippen LogP contribution in [-0.2, 0) is 14.8 Å². The van der Waals surface area contributed by atoms with Crippen molar-refractivity contribution in [2.75, 3.05) is 6.61 Å². The van der Waals surface area contributed by atoms with Crippen LogP contribution in [0.25, 0.3) is 0 Å². The molecule has 1 saturated heterocycles. The van der Waals surface area contributed by atoms with Crippen LogP contribution >= 0.6 is 0 Å². The van der Waals surface area contributed by atoms with E-state index in [1.54, 1.807) is 0 Å². The smallest absolute Gasteiger partial charge is 0.241 e. The predicted octanol–water partition coefficient (Wildman–Crippen LogP) is 3.07. The maximum Gasteiger partial charge on any atom is 0.241 e. The average Bonchev–Trinajstić information content (AvgIpc) is 2.96. The van der Waals surface area contributed by atoms with Gasteiger partial charge in [-0.15, -0.1) is 0 Å². The highest BCUT2D eigenvalue weighted by molar-refractivity contribution is 7.89. The third-order valence-electron chi connectivity index (χ3n) is 5.06. The Morgan fingerprint density at radius 2 is 1.50 bits per heavy atom. The molecule has 0 saturated carbocycles. The standard InChI is InChI=1S/C17H27NO3S/c1-10-11(2)13(4)17(14(5)12(10)3)22(19,20)18-15(6)16-8-7-9-21-16/h15-16,18H,7-9H2,1-6H3. The van der Waals surface area contributed by atoms with E-state index in [9.17, 15) is 8.42 Å². The molecule has 2 unspecified atom stereocenters. The first kappa shape index (κ1) is 17.4. The van der Waals surface area contributed by atoms with Crippen LogP contribution in [0.15, 0.2) is 4.90 Å². The number of sulfonamides is 1. The maximum absolute atomic E-state index is 12.9. The summed E-state index contributed by atoms with van der Waals surface area (Å²) >= 11 is 0. The molecule has 0 bridgehead atoms. The Labute approximate surface area is 134 Å². The molecule has 2 atom stereocenters. The first-order valence-electron chi connectivity index (χ1n) is 7.87. The molecule has 22 heavy (non-hydrogen) atoms. The van der Waals surface area contributed by atoms with Crippen molar-refractivity contribution in [2.45, 2.75) is 71.4 Å². The summed E-state index contributed by atoms with van der Waals surface area (Å²) < 4.78 is 34.2. The summed E-state index contributed by atoms with van der Waals surface area (Å²) in [6.07, 6.45) is 1.88. The highest BCUT2D eigenvalue weighted by atomic mass is 32.2. The zero-order chi connectivity index (χ0) is 16.7. The van der Waals surface area contributed by atoms with Crippen LogP contribution in [0.5, 0.6) is 0 Å². The minimum Gasteiger partial charge on any atom is -0.377 e. The van der Waals surface area contributed by atoms with Gasteiger partial charge in [0.2, 0.25) is 10.0 Å². The number of rotatable bonds is 4. The fourth-order valence-electron chi connectivity index (χ4n) is 3.25. The van der Waals surface area contributed by atoms with Crippen molar-refractivity contribution in [3.05, 3.63) is 27.8 Å². The minimum absolute atomic E-state index is 0.0250. The van der Waals surface area contributed by atoms with Gasteiger partial charge in [0.05, 0.1) is 11.0 Å². The summed E-state index contributed by atoms with van der Waals surface area (Å²) in [6, 6.07) is -0.215. The normalized spacial score (nSPS) is 20.4. The van der Waals surface area contributed by atoms with Crippen LogP contribution in [0.2, 0.25) is 0 Å². The van der Waals surface area contributed by atoms with Crippen LogP contribution in [0, 0.1) is 34.6 Å². The lowest BCUT2D eigenvalue weighted by molar-refractivity contribution is 0.0902. The van der Waals surface area contributed by atoms with Gasteiger partial charge in [-0.05, 0) is 82.2 Å². The fourth-order valence-corrected chi connectivity index (χ4v) is 5.12. The summed E-state index contributed by atoms with van der Waals surface area (Å²) in [4.78, 5) is 0.429. The molecule has 1 heterocycles. The lowest BCUT2D eigenvalue weighted by Crippen LogP contribution is -2.41. The predicted molar refractivity (Wildman–Crippen MR) is 88.9 cm³/mol. The lowest BCUT2D eigenvalue weighted by atomic mass is 9.95. The number of hydrogen-bond acceptors (Lipinski definition) is 3. The molecule has 5 heteroatoms. The number of benzene rings is 1. The zero-order valence-corrected chi connectivity index (χ0v) is 15.2. The van der Waals surface area contributed by atoms with E-state index in [0.717, 1.165) is 41.7 Å². The van der Waals surface area contributed by atoms with Crippen molar-refractivity contribution in [1.82, 2.24) is 4.72 Å². The molecule has 0 spiro atoms. The highest BCUT2D eigenvalue weighted by Gasteiger charge is 2.29. The molecule has 1 aromatic carbocycles. The molecule has 1 aromatic rings. The van der Waals surface area contributed by atoms with Gasteiger partial charge in [-0.3, -0.25) is 0 Å². The Bertz CT molecular complexity index is 645. The molecule has 4 nitrogen and oxygen atoms in total. The minimum atomic E-state index is -3.55. The molecule has 1 fully saturated rings. The van der Waals surface area contributed by atoms with Crippen molar-refractivity contribution in [3.63, 3.8) is 0 Å². The van der Waals surface area contributed by atoms with Gasteiger partial charge in [-0.1, -0.05) is 0 Å².